The van der Waals surface area contributed by atoms with Crippen molar-refractivity contribution in [1.29, 1.82) is 0 Å². The third kappa shape index (κ3) is 3.90. The van der Waals surface area contributed by atoms with E-state index in [0.29, 0.717) is 25.1 Å². The smallest absolute Gasteiger partial charge is 0.241 e. The first-order valence-corrected chi connectivity index (χ1v) is 9.65. The Morgan fingerprint density at radius 1 is 1.14 bits per heavy atom. The Morgan fingerprint density at radius 2 is 1.96 bits per heavy atom. The molecule has 28 heavy (non-hydrogen) atoms. The zero-order valence-electron chi connectivity index (χ0n) is 15.5. The summed E-state index contributed by atoms with van der Waals surface area (Å²) >= 11 is 0. The molecule has 0 bridgehead atoms. The number of amides is 1. The predicted octanol–water partition coefficient (Wildman–Crippen LogP) is 1.82. The van der Waals surface area contributed by atoms with E-state index in [0.717, 1.165) is 18.4 Å². The highest BCUT2D eigenvalue weighted by Gasteiger charge is 2.36. The summed E-state index contributed by atoms with van der Waals surface area (Å²) in [6.07, 6.45) is 5.49. The van der Waals surface area contributed by atoms with Crippen molar-refractivity contribution in [3.8, 4) is 5.75 Å². The number of phenols is 1. The summed E-state index contributed by atoms with van der Waals surface area (Å²) in [5, 5.41) is 9.43. The Morgan fingerprint density at radius 3 is 2.71 bits per heavy atom. The van der Waals surface area contributed by atoms with Gasteiger partial charge in [-0.05, 0) is 49.1 Å². The maximum absolute atomic E-state index is 13.0. The number of phenolic OH excluding ortho intramolecular Hbond substituents is 1. The molecule has 2 aromatic rings. The number of piperidine rings is 1. The first kappa shape index (κ1) is 18.6. The van der Waals surface area contributed by atoms with Crippen molar-refractivity contribution >= 4 is 11.7 Å². The SMILES string of the molecule is O=C(c1cccnc1)C1CCCN(C(=O)C2CC(c3ccc(O)cc3)NN2)C1. The number of hydrogen-bond donors (Lipinski definition) is 3. The van der Waals surface area contributed by atoms with Crippen molar-refractivity contribution in [1.82, 2.24) is 20.7 Å². The third-order valence-electron chi connectivity index (χ3n) is 5.55. The fraction of sp³-hybridized carbons (Fsp3) is 0.381. The molecule has 146 valence electrons. The number of nitrogens with zero attached hydrogens (tertiary/aromatic N) is 2. The van der Waals surface area contributed by atoms with E-state index in [2.05, 4.69) is 15.8 Å². The summed E-state index contributed by atoms with van der Waals surface area (Å²) in [5.41, 5.74) is 7.89. The van der Waals surface area contributed by atoms with Crippen molar-refractivity contribution in [3.63, 3.8) is 0 Å². The van der Waals surface area contributed by atoms with Crippen LogP contribution in [0.2, 0.25) is 0 Å². The van der Waals surface area contributed by atoms with E-state index in [1.54, 1.807) is 41.6 Å². The van der Waals surface area contributed by atoms with Crippen LogP contribution in [0, 0.1) is 5.92 Å². The number of carbonyl (C=O) groups excluding carboxylic acids is 2. The van der Waals surface area contributed by atoms with Gasteiger partial charge in [0.15, 0.2) is 5.78 Å². The quantitative estimate of drug-likeness (QED) is 0.701. The fourth-order valence-corrected chi connectivity index (χ4v) is 4.00. The number of rotatable bonds is 4. The van der Waals surface area contributed by atoms with Crippen LogP contribution in [0.5, 0.6) is 5.75 Å². The summed E-state index contributed by atoms with van der Waals surface area (Å²) in [7, 11) is 0. The second kappa shape index (κ2) is 8.08. The summed E-state index contributed by atoms with van der Waals surface area (Å²) in [5.74, 6) is 0.131. The van der Waals surface area contributed by atoms with E-state index >= 15 is 0 Å². The van der Waals surface area contributed by atoms with Crippen LogP contribution in [-0.2, 0) is 4.79 Å². The Labute approximate surface area is 163 Å². The van der Waals surface area contributed by atoms with Gasteiger partial charge in [0.05, 0.1) is 0 Å². The average Bonchev–Trinajstić information content (AvgIpc) is 3.24. The number of aromatic hydroxyl groups is 1. The number of nitrogens with one attached hydrogen (secondary N) is 2. The third-order valence-corrected chi connectivity index (χ3v) is 5.55. The predicted molar refractivity (Wildman–Crippen MR) is 103 cm³/mol. The van der Waals surface area contributed by atoms with Crippen molar-refractivity contribution in [2.24, 2.45) is 5.92 Å². The van der Waals surface area contributed by atoms with Crippen LogP contribution in [-0.4, -0.2) is 45.8 Å². The van der Waals surface area contributed by atoms with E-state index in [9.17, 15) is 14.7 Å². The van der Waals surface area contributed by atoms with Crippen molar-refractivity contribution < 1.29 is 14.7 Å². The number of aromatic nitrogens is 1. The molecule has 0 radical (unpaired) electrons. The van der Waals surface area contributed by atoms with Gasteiger partial charge in [0, 0.05) is 43.0 Å². The lowest BCUT2D eigenvalue weighted by molar-refractivity contribution is -0.134. The molecule has 7 nitrogen and oxygen atoms in total. The van der Waals surface area contributed by atoms with Crippen LogP contribution in [0.1, 0.15) is 41.2 Å². The molecule has 3 atom stereocenters. The molecule has 3 unspecified atom stereocenters. The van der Waals surface area contributed by atoms with Crippen molar-refractivity contribution in [2.75, 3.05) is 13.1 Å². The zero-order chi connectivity index (χ0) is 19.5. The van der Waals surface area contributed by atoms with E-state index in [-0.39, 0.29) is 35.4 Å². The number of likely N-dealkylation sites (tertiary alicyclic amines) is 1. The van der Waals surface area contributed by atoms with Gasteiger partial charge in [-0.15, -0.1) is 0 Å². The molecule has 1 aromatic carbocycles. The Kier molecular flexibility index (Phi) is 5.36. The molecule has 1 amide bonds. The van der Waals surface area contributed by atoms with Gasteiger partial charge in [-0.25, -0.2) is 10.9 Å². The lowest BCUT2D eigenvalue weighted by Gasteiger charge is -2.33. The highest BCUT2D eigenvalue weighted by molar-refractivity contribution is 5.98. The normalized spacial score (nSPS) is 24.9. The number of benzene rings is 1. The first-order chi connectivity index (χ1) is 13.6. The molecule has 2 saturated heterocycles. The number of hydrazine groups is 1. The zero-order valence-corrected chi connectivity index (χ0v) is 15.5. The van der Waals surface area contributed by atoms with Crippen LogP contribution in [0.3, 0.4) is 0 Å². The molecule has 0 aliphatic carbocycles. The molecule has 3 N–H and O–H groups in total. The van der Waals surface area contributed by atoms with Gasteiger partial charge in [-0.3, -0.25) is 14.6 Å². The average molecular weight is 380 g/mol. The van der Waals surface area contributed by atoms with Gasteiger partial charge in [-0.1, -0.05) is 12.1 Å². The molecule has 4 rings (SSSR count). The standard InChI is InChI=1S/C21H24N4O3/c26-17-7-5-14(6-8-17)18-11-19(24-23-18)21(28)25-10-2-4-16(13-25)20(27)15-3-1-9-22-12-15/h1,3,5-9,12,16,18-19,23-24,26H,2,4,10-11,13H2. The van der Waals surface area contributed by atoms with E-state index in [1.807, 2.05) is 12.1 Å². The van der Waals surface area contributed by atoms with Crippen LogP contribution >= 0.6 is 0 Å². The number of carbonyl (C=O) groups is 2. The molecular formula is C21H24N4O3. The molecule has 0 spiro atoms. The lowest BCUT2D eigenvalue weighted by atomic mass is 9.90. The largest absolute Gasteiger partial charge is 0.508 e. The topological polar surface area (TPSA) is 94.6 Å². The molecule has 3 heterocycles. The Bertz CT molecular complexity index is 840. The number of hydrogen-bond acceptors (Lipinski definition) is 6. The highest BCUT2D eigenvalue weighted by Crippen LogP contribution is 2.26. The van der Waals surface area contributed by atoms with Crippen LogP contribution < -0.4 is 10.9 Å². The molecular weight excluding hydrogens is 356 g/mol. The van der Waals surface area contributed by atoms with Crippen molar-refractivity contribution in [2.45, 2.75) is 31.3 Å². The second-order valence-electron chi connectivity index (χ2n) is 7.45. The summed E-state index contributed by atoms with van der Waals surface area (Å²) in [6, 6.07) is 10.2. The van der Waals surface area contributed by atoms with Crippen LogP contribution in [0.25, 0.3) is 0 Å². The van der Waals surface area contributed by atoms with Gasteiger partial charge in [-0.2, -0.15) is 0 Å². The minimum Gasteiger partial charge on any atom is -0.508 e. The lowest BCUT2D eigenvalue weighted by Crippen LogP contribution is -2.50. The Hall–Kier alpha value is -2.77. The molecule has 2 fully saturated rings. The van der Waals surface area contributed by atoms with Gasteiger partial charge >= 0.3 is 0 Å². The van der Waals surface area contributed by atoms with E-state index < -0.39 is 0 Å². The first-order valence-electron chi connectivity index (χ1n) is 9.65. The number of pyridine rings is 1. The van der Waals surface area contributed by atoms with Gasteiger partial charge in [0.1, 0.15) is 11.8 Å². The number of ketones is 1. The number of Topliss-reactive ketones (excluding diaryl/α,β-unsaturated/α-hetero) is 1. The summed E-state index contributed by atoms with van der Waals surface area (Å²) in [6.45, 7) is 1.13. The van der Waals surface area contributed by atoms with Gasteiger partial charge < -0.3 is 10.0 Å². The minimum absolute atomic E-state index is 0.00663. The maximum Gasteiger partial charge on any atom is 0.241 e. The van der Waals surface area contributed by atoms with E-state index in [4.69, 9.17) is 0 Å². The Balaban J connectivity index is 1.38. The van der Waals surface area contributed by atoms with E-state index in [1.165, 1.54) is 0 Å². The maximum atomic E-state index is 13.0. The van der Waals surface area contributed by atoms with Gasteiger partial charge in [0.25, 0.3) is 0 Å². The van der Waals surface area contributed by atoms with Crippen LogP contribution in [0.4, 0.5) is 0 Å². The van der Waals surface area contributed by atoms with Gasteiger partial charge in [0.2, 0.25) is 5.91 Å². The molecule has 0 saturated carbocycles. The van der Waals surface area contributed by atoms with Crippen LogP contribution in [0.15, 0.2) is 48.8 Å². The fourth-order valence-electron chi connectivity index (χ4n) is 4.00. The second-order valence-corrected chi connectivity index (χ2v) is 7.45. The monoisotopic (exact) mass is 380 g/mol. The summed E-state index contributed by atoms with van der Waals surface area (Å²) in [4.78, 5) is 31.6. The molecule has 2 aliphatic heterocycles. The highest BCUT2D eigenvalue weighted by atomic mass is 16.3. The molecule has 7 heteroatoms. The molecule has 2 aliphatic rings. The van der Waals surface area contributed by atoms with Crippen molar-refractivity contribution in [3.05, 3.63) is 59.9 Å². The molecule has 1 aromatic heterocycles. The minimum atomic E-state index is -0.328. The summed E-state index contributed by atoms with van der Waals surface area (Å²) < 4.78 is 0.